The van der Waals surface area contributed by atoms with Crippen molar-refractivity contribution in [2.75, 3.05) is 11.5 Å². The van der Waals surface area contributed by atoms with Crippen LogP contribution >= 0.6 is 24.0 Å². The molecule has 0 bridgehead atoms. The minimum Gasteiger partial charge on any atom is -0.508 e. The van der Waals surface area contributed by atoms with E-state index in [0.717, 1.165) is 11.8 Å². The lowest BCUT2D eigenvalue weighted by atomic mass is 10.2. The Hall–Kier alpha value is -2.84. The second-order valence-corrected chi connectivity index (χ2v) is 6.97. The Kier molecular flexibility index (Phi) is 5.24. The van der Waals surface area contributed by atoms with E-state index in [1.54, 1.807) is 42.5 Å². The van der Waals surface area contributed by atoms with Crippen molar-refractivity contribution in [3.63, 3.8) is 0 Å². The quantitative estimate of drug-likeness (QED) is 0.601. The molecule has 1 aliphatic heterocycles. The topological polar surface area (TPSA) is 87.1 Å². The van der Waals surface area contributed by atoms with Gasteiger partial charge in [0, 0.05) is 6.07 Å². The van der Waals surface area contributed by atoms with Crippen LogP contribution in [0, 0.1) is 0 Å². The summed E-state index contributed by atoms with van der Waals surface area (Å²) in [5.74, 6) is -0.918. The lowest BCUT2D eigenvalue weighted by Crippen LogP contribution is -2.27. The zero-order chi connectivity index (χ0) is 18.7. The Morgan fingerprint density at radius 2 is 2.00 bits per heavy atom. The number of carboxylic acid groups (broad SMARTS) is 1. The first-order valence-corrected chi connectivity index (χ1v) is 8.68. The number of benzene rings is 2. The third-order valence-corrected chi connectivity index (χ3v) is 4.70. The monoisotopic (exact) mass is 387 g/mol. The van der Waals surface area contributed by atoms with Crippen LogP contribution in [0.15, 0.2) is 53.4 Å². The number of thiocarbonyl (C=S) groups is 1. The van der Waals surface area contributed by atoms with Crippen molar-refractivity contribution in [3.8, 4) is 11.5 Å². The van der Waals surface area contributed by atoms with Gasteiger partial charge >= 0.3 is 5.97 Å². The predicted octanol–water partition coefficient (Wildman–Crippen LogP) is 3.26. The number of ether oxygens (including phenoxy) is 1. The summed E-state index contributed by atoms with van der Waals surface area (Å²) in [6.07, 6.45) is 1.66. The van der Waals surface area contributed by atoms with Crippen LogP contribution in [0.2, 0.25) is 0 Å². The molecule has 1 saturated heterocycles. The van der Waals surface area contributed by atoms with E-state index in [4.69, 9.17) is 22.1 Å². The third kappa shape index (κ3) is 4.04. The van der Waals surface area contributed by atoms with Crippen LogP contribution in [-0.2, 0) is 9.59 Å². The number of phenolic OH excluding ortho intramolecular Hbond substituents is 1. The van der Waals surface area contributed by atoms with E-state index < -0.39 is 12.6 Å². The minimum absolute atomic E-state index is 0.0452. The summed E-state index contributed by atoms with van der Waals surface area (Å²) in [5.41, 5.74) is 1.18. The fraction of sp³-hybridized carbons (Fsp3) is 0.0556. The number of anilines is 1. The maximum absolute atomic E-state index is 12.7. The summed E-state index contributed by atoms with van der Waals surface area (Å²) in [4.78, 5) is 25.1. The van der Waals surface area contributed by atoms with Gasteiger partial charge < -0.3 is 14.9 Å². The van der Waals surface area contributed by atoms with Gasteiger partial charge in [0.25, 0.3) is 5.91 Å². The molecular weight excluding hydrogens is 374 g/mol. The fourth-order valence-electron chi connectivity index (χ4n) is 2.31. The standard InChI is InChI=1S/C18H13NO5S2/c20-13-5-2-4-12(9-13)19-17(23)15(26-18(19)25)8-11-3-1-6-14(7-11)24-10-16(21)22/h1-9,20H,10H2,(H,21,22)/b15-8+. The smallest absolute Gasteiger partial charge is 0.341 e. The molecule has 2 aromatic carbocycles. The Morgan fingerprint density at radius 1 is 1.23 bits per heavy atom. The highest BCUT2D eigenvalue weighted by Gasteiger charge is 2.33. The number of nitrogens with zero attached hydrogens (tertiary/aromatic N) is 1. The zero-order valence-electron chi connectivity index (χ0n) is 13.3. The molecule has 6 nitrogen and oxygen atoms in total. The van der Waals surface area contributed by atoms with Crippen LogP contribution < -0.4 is 9.64 Å². The third-order valence-electron chi connectivity index (χ3n) is 3.40. The number of aromatic hydroxyl groups is 1. The van der Waals surface area contributed by atoms with Crippen molar-refractivity contribution in [3.05, 3.63) is 59.0 Å². The van der Waals surface area contributed by atoms with Gasteiger partial charge in [0.1, 0.15) is 11.5 Å². The Morgan fingerprint density at radius 3 is 2.73 bits per heavy atom. The van der Waals surface area contributed by atoms with E-state index in [9.17, 15) is 14.7 Å². The largest absolute Gasteiger partial charge is 0.508 e. The minimum atomic E-state index is -1.07. The molecule has 1 amide bonds. The highest BCUT2D eigenvalue weighted by atomic mass is 32.2. The molecule has 0 atom stereocenters. The number of thioether (sulfide) groups is 1. The molecule has 8 heteroatoms. The molecule has 2 N–H and O–H groups in total. The average molecular weight is 387 g/mol. The first-order valence-electron chi connectivity index (χ1n) is 7.46. The number of carboxylic acids is 1. The van der Waals surface area contributed by atoms with Gasteiger partial charge in [-0.05, 0) is 35.9 Å². The van der Waals surface area contributed by atoms with Crippen LogP contribution in [0.1, 0.15) is 5.56 Å². The van der Waals surface area contributed by atoms with Gasteiger partial charge in [0.15, 0.2) is 10.9 Å². The van der Waals surface area contributed by atoms with Crippen molar-refractivity contribution >= 4 is 51.9 Å². The van der Waals surface area contributed by atoms with Crippen LogP contribution in [0.25, 0.3) is 6.08 Å². The summed E-state index contributed by atoms with van der Waals surface area (Å²) >= 11 is 6.44. The number of aliphatic carboxylic acids is 1. The summed E-state index contributed by atoms with van der Waals surface area (Å²) in [6.45, 7) is -0.441. The molecule has 132 valence electrons. The first kappa shape index (κ1) is 18.0. The fourth-order valence-corrected chi connectivity index (χ4v) is 3.61. The molecule has 1 fully saturated rings. The van der Waals surface area contributed by atoms with Gasteiger partial charge in [-0.25, -0.2) is 4.79 Å². The molecular formula is C18H13NO5S2. The van der Waals surface area contributed by atoms with Gasteiger partial charge in [-0.15, -0.1) is 0 Å². The second kappa shape index (κ2) is 7.59. The van der Waals surface area contributed by atoms with Gasteiger partial charge in [-0.1, -0.05) is 42.2 Å². The summed E-state index contributed by atoms with van der Waals surface area (Å²) in [7, 11) is 0. The van der Waals surface area contributed by atoms with E-state index in [1.807, 2.05) is 0 Å². The molecule has 0 saturated carbocycles. The van der Waals surface area contributed by atoms with Crippen LogP contribution in [0.4, 0.5) is 5.69 Å². The molecule has 0 spiro atoms. The zero-order valence-corrected chi connectivity index (χ0v) is 14.9. The molecule has 0 radical (unpaired) electrons. The lowest BCUT2D eigenvalue weighted by Gasteiger charge is -2.14. The Labute approximate surface area is 158 Å². The number of carbonyl (C=O) groups is 2. The van der Waals surface area contributed by atoms with Crippen molar-refractivity contribution in [2.24, 2.45) is 0 Å². The summed E-state index contributed by atoms with van der Waals surface area (Å²) in [6, 6.07) is 13.1. The molecule has 0 unspecified atom stereocenters. The average Bonchev–Trinajstić information content (AvgIpc) is 2.87. The molecule has 3 rings (SSSR count). The van der Waals surface area contributed by atoms with Crippen molar-refractivity contribution in [1.29, 1.82) is 0 Å². The van der Waals surface area contributed by atoms with Gasteiger partial charge in [-0.2, -0.15) is 0 Å². The van der Waals surface area contributed by atoms with Crippen molar-refractivity contribution < 1.29 is 24.5 Å². The Bertz CT molecular complexity index is 925. The van der Waals surface area contributed by atoms with E-state index in [-0.39, 0.29) is 11.7 Å². The van der Waals surface area contributed by atoms with Crippen LogP contribution in [0.3, 0.4) is 0 Å². The van der Waals surface area contributed by atoms with E-state index in [1.165, 1.54) is 17.0 Å². The number of phenols is 1. The highest BCUT2D eigenvalue weighted by Crippen LogP contribution is 2.37. The molecule has 2 aromatic rings. The van der Waals surface area contributed by atoms with Crippen LogP contribution in [0.5, 0.6) is 11.5 Å². The normalized spacial score (nSPS) is 15.5. The van der Waals surface area contributed by atoms with Crippen molar-refractivity contribution in [2.45, 2.75) is 0 Å². The molecule has 1 heterocycles. The summed E-state index contributed by atoms with van der Waals surface area (Å²) in [5, 5.41) is 18.3. The van der Waals surface area contributed by atoms with Gasteiger partial charge in [0.2, 0.25) is 0 Å². The van der Waals surface area contributed by atoms with E-state index in [0.29, 0.717) is 26.2 Å². The van der Waals surface area contributed by atoms with E-state index >= 15 is 0 Å². The molecule has 0 aliphatic carbocycles. The number of hydrogen-bond donors (Lipinski definition) is 2. The SMILES string of the molecule is O=C(O)COc1cccc(/C=C2/SC(=S)N(c3cccc(O)c3)C2=O)c1. The highest BCUT2D eigenvalue weighted by molar-refractivity contribution is 8.27. The number of carbonyl (C=O) groups excluding carboxylic acids is 1. The predicted molar refractivity (Wildman–Crippen MR) is 103 cm³/mol. The maximum Gasteiger partial charge on any atom is 0.341 e. The number of hydrogen-bond acceptors (Lipinski definition) is 6. The van der Waals surface area contributed by atoms with Crippen LogP contribution in [-0.4, -0.2) is 33.0 Å². The van der Waals surface area contributed by atoms with Gasteiger partial charge in [0.05, 0.1) is 10.6 Å². The van der Waals surface area contributed by atoms with E-state index in [2.05, 4.69) is 0 Å². The van der Waals surface area contributed by atoms with Crippen molar-refractivity contribution in [1.82, 2.24) is 0 Å². The van der Waals surface area contributed by atoms with Gasteiger partial charge in [-0.3, -0.25) is 9.69 Å². The lowest BCUT2D eigenvalue weighted by molar-refractivity contribution is -0.139. The molecule has 1 aliphatic rings. The summed E-state index contributed by atoms with van der Waals surface area (Å²) < 4.78 is 5.51. The molecule has 26 heavy (non-hydrogen) atoms. The number of amides is 1. The Balaban J connectivity index is 1.84. The first-order chi connectivity index (χ1) is 12.4. The molecule has 0 aromatic heterocycles. The second-order valence-electron chi connectivity index (χ2n) is 5.29. The maximum atomic E-state index is 12.7. The number of rotatable bonds is 5.